The lowest BCUT2D eigenvalue weighted by Crippen LogP contribution is -2.13. The summed E-state index contributed by atoms with van der Waals surface area (Å²) in [6, 6.07) is 5.21. The third kappa shape index (κ3) is 1.70. The molecule has 0 spiro atoms. The van der Waals surface area contributed by atoms with Crippen LogP contribution >= 0.6 is 23.2 Å². The zero-order chi connectivity index (χ0) is 11.9. The van der Waals surface area contributed by atoms with Crippen LogP contribution in [0, 0.1) is 6.92 Å². The first-order chi connectivity index (χ1) is 7.50. The summed E-state index contributed by atoms with van der Waals surface area (Å²) in [6.07, 6.45) is 0. The molecule has 16 heavy (non-hydrogen) atoms. The molecule has 0 aliphatic carbocycles. The van der Waals surface area contributed by atoms with Crippen LogP contribution in [-0.4, -0.2) is 9.66 Å². The van der Waals surface area contributed by atoms with E-state index in [1.807, 2.05) is 0 Å². The highest BCUT2D eigenvalue weighted by Crippen LogP contribution is 2.30. The molecule has 4 nitrogen and oxygen atoms in total. The molecule has 0 fully saturated rings. The van der Waals surface area contributed by atoms with Gasteiger partial charge in [0.05, 0.1) is 10.0 Å². The van der Waals surface area contributed by atoms with Crippen LogP contribution in [-0.2, 0) is 0 Å². The van der Waals surface area contributed by atoms with Crippen molar-refractivity contribution in [3.8, 4) is 11.3 Å². The van der Waals surface area contributed by atoms with Gasteiger partial charge in [0.2, 0.25) is 0 Å². The van der Waals surface area contributed by atoms with E-state index >= 15 is 0 Å². The van der Waals surface area contributed by atoms with Crippen LogP contribution in [0.1, 0.15) is 5.82 Å². The van der Waals surface area contributed by atoms with Gasteiger partial charge in [-0.3, -0.25) is 0 Å². The molecule has 1 aromatic carbocycles. The van der Waals surface area contributed by atoms with Crippen LogP contribution in [0.25, 0.3) is 11.3 Å². The smallest absolute Gasteiger partial charge is 0.150 e. The quantitative estimate of drug-likeness (QED) is 0.771. The first-order valence-corrected chi connectivity index (χ1v) is 5.31. The fourth-order valence-corrected chi connectivity index (χ4v) is 1.72. The van der Waals surface area contributed by atoms with Crippen LogP contribution in [0.2, 0.25) is 10.0 Å². The Morgan fingerprint density at radius 1 is 1.25 bits per heavy atom. The fourth-order valence-electron chi connectivity index (χ4n) is 1.42. The molecule has 0 radical (unpaired) electrons. The van der Waals surface area contributed by atoms with Crippen LogP contribution < -0.4 is 11.6 Å². The van der Waals surface area contributed by atoms with Crippen LogP contribution in [0.15, 0.2) is 18.2 Å². The molecule has 84 valence electrons. The molecular weight excluding hydrogens is 247 g/mol. The van der Waals surface area contributed by atoms with Gasteiger partial charge in [0, 0.05) is 5.56 Å². The highest BCUT2D eigenvalue weighted by atomic mass is 35.5. The van der Waals surface area contributed by atoms with E-state index in [1.54, 1.807) is 25.1 Å². The topological polar surface area (TPSA) is 69.9 Å². The van der Waals surface area contributed by atoms with E-state index in [9.17, 15) is 0 Å². The number of nitrogens with zero attached hydrogens (tertiary/aromatic N) is 2. The lowest BCUT2D eigenvalue weighted by molar-refractivity contribution is 0.937. The van der Waals surface area contributed by atoms with E-state index in [4.69, 9.17) is 34.8 Å². The molecule has 0 atom stereocenters. The normalized spacial score (nSPS) is 10.7. The summed E-state index contributed by atoms with van der Waals surface area (Å²) in [5, 5.41) is 0.954. The number of anilines is 1. The standard InChI is InChI=1S/C10H10Cl2N4/c1-5-15-9(10(13)16(5)14)6-2-3-7(11)8(12)4-6/h2-4H,13-14H2,1H3. The monoisotopic (exact) mass is 256 g/mol. The minimum Gasteiger partial charge on any atom is -0.382 e. The maximum atomic E-state index is 5.92. The fraction of sp³-hybridized carbons (Fsp3) is 0.100. The first kappa shape index (κ1) is 11.1. The van der Waals surface area contributed by atoms with Crippen molar-refractivity contribution in [2.45, 2.75) is 6.92 Å². The average Bonchev–Trinajstić information content (AvgIpc) is 2.50. The molecule has 0 amide bonds. The predicted molar refractivity (Wildman–Crippen MR) is 67.0 cm³/mol. The van der Waals surface area contributed by atoms with E-state index in [2.05, 4.69) is 4.98 Å². The summed E-state index contributed by atoms with van der Waals surface area (Å²) in [7, 11) is 0. The number of benzene rings is 1. The number of aryl methyl sites for hydroxylation is 1. The van der Waals surface area contributed by atoms with Crippen molar-refractivity contribution in [1.29, 1.82) is 0 Å². The van der Waals surface area contributed by atoms with Crippen LogP contribution in [0.3, 0.4) is 0 Å². The molecule has 2 rings (SSSR count). The molecule has 1 heterocycles. The highest BCUT2D eigenvalue weighted by molar-refractivity contribution is 6.42. The lowest BCUT2D eigenvalue weighted by Gasteiger charge is -2.02. The molecule has 0 aliphatic heterocycles. The molecule has 4 N–H and O–H groups in total. The molecular formula is C10H10Cl2N4. The number of nitrogen functional groups attached to an aromatic ring is 2. The summed E-state index contributed by atoms with van der Waals surface area (Å²) >= 11 is 11.8. The minimum absolute atomic E-state index is 0.399. The van der Waals surface area contributed by atoms with Gasteiger partial charge < -0.3 is 11.6 Å². The third-order valence-electron chi connectivity index (χ3n) is 2.32. The van der Waals surface area contributed by atoms with Gasteiger partial charge in [0.25, 0.3) is 0 Å². The van der Waals surface area contributed by atoms with Gasteiger partial charge >= 0.3 is 0 Å². The van der Waals surface area contributed by atoms with Crippen molar-refractivity contribution in [1.82, 2.24) is 9.66 Å². The molecule has 0 saturated heterocycles. The number of hydrogen-bond donors (Lipinski definition) is 2. The number of nitrogens with two attached hydrogens (primary N) is 2. The molecule has 0 unspecified atom stereocenters. The Labute approximate surface area is 103 Å². The maximum absolute atomic E-state index is 5.92. The Hall–Kier alpha value is -1.39. The van der Waals surface area contributed by atoms with Gasteiger partial charge in [0.15, 0.2) is 5.82 Å². The van der Waals surface area contributed by atoms with E-state index in [0.29, 0.717) is 27.4 Å². The molecule has 0 saturated carbocycles. The van der Waals surface area contributed by atoms with Crippen molar-refractivity contribution in [3.05, 3.63) is 34.1 Å². The zero-order valence-corrected chi connectivity index (χ0v) is 10.0. The number of rotatable bonds is 1. The predicted octanol–water partition coefficient (Wildman–Crippen LogP) is 2.46. The molecule has 6 heteroatoms. The summed E-state index contributed by atoms with van der Waals surface area (Å²) in [5.41, 5.74) is 7.22. The summed E-state index contributed by atoms with van der Waals surface area (Å²) in [5.74, 6) is 6.71. The summed E-state index contributed by atoms with van der Waals surface area (Å²) in [6.45, 7) is 1.78. The summed E-state index contributed by atoms with van der Waals surface area (Å²) in [4.78, 5) is 4.26. The van der Waals surface area contributed by atoms with Gasteiger partial charge in [-0.15, -0.1) is 0 Å². The van der Waals surface area contributed by atoms with Crippen molar-refractivity contribution >= 4 is 29.0 Å². The van der Waals surface area contributed by atoms with Crippen molar-refractivity contribution in [2.24, 2.45) is 0 Å². The van der Waals surface area contributed by atoms with E-state index in [0.717, 1.165) is 5.56 Å². The average molecular weight is 257 g/mol. The van der Waals surface area contributed by atoms with Crippen molar-refractivity contribution in [2.75, 3.05) is 11.6 Å². The van der Waals surface area contributed by atoms with Gasteiger partial charge in [0.1, 0.15) is 11.5 Å². The Balaban J connectivity index is 2.59. The van der Waals surface area contributed by atoms with Gasteiger partial charge in [-0.2, -0.15) is 0 Å². The van der Waals surface area contributed by atoms with E-state index in [-0.39, 0.29) is 0 Å². The Morgan fingerprint density at radius 3 is 2.44 bits per heavy atom. The molecule has 0 bridgehead atoms. The van der Waals surface area contributed by atoms with Crippen molar-refractivity contribution < 1.29 is 0 Å². The second-order valence-corrected chi connectivity index (χ2v) is 4.21. The summed E-state index contributed by atoms with van der Waals surface area (Å²) < 4.78 is 1.33. The number of halogens is 2. The number of aromatic nitrogens is 2. The van der Waals surface area contributed by atoms with E-state index in [1.165, 1.54) is 4.68 Å². The Bertz CT molecular complexity index is 548. The van der Waals surface area contributed by atoms with Crippen LogP contribution in [0.4, 0.5) is 5.82 Å². The number of hydrogen-bond acceptors (Lipinski definition) is 3. The van der Waals surface area contributed by atoms with Crippen molar-refractivity contribution in [3.63, 3.8) is 0 Å². The zero-order valence-electron chi connectivity index (χ0n) is 8.54. The SMILES string of the molecule is Cc1nc(-c2ccc(Cl)c(Cl)c2)c(N)n1N. The molecule has 2 aromatic rings. The third-order valence-corrected chi connectivity index (χ3v) is 3.06. The van der Waals surface area contributed by atoms with Gasteiger partial charge in [-0.1, -0.05) is 29.3 Å². The second-order valence-electron chi connectivity index (χ2n) is 3.39. The second kappa shape index (κ2) is 3.88. The first-order valence-electron chi connectivity index (χ1n) is 4.56. The largest absolute Gasteiger partial charge is 0.382 e. The lowest BCUT2D eigenvalue weighted by atomic mass is 10.1. The minimum atomic E-state index is 0.399. The highest BCUT2D eigenvalue weighted by Gasteiger charge is 2.12. The maximum Gasteiger partial charge on any atom is 0.150 e. The van der Waals surface area contributed by atoms with Gasteiger partial charge in [-0.05, 0) is 19.1 Å². The van der Waals surface area contributed by atoms with E-state index < -0.39 is 0 Å². The molecule has 0 aliphatic rings. The van der Waals surface area contributed by atoms with Crippen LogP contribution in [0.5, 0.6) is 0 Å². The Kier molecular flexibility index (Phi) is 2.69. The number of imidazole rings is 1. The Morgan fingerprint density at radius 2 is 1.94 bits per heavy atom. The van der Waals surface area contributed by atoms with Gasteiger partial charge in [-0.25, -0.2) is 9.66 Å². The molecule has 1 aromatic heterocycles.